The lowest BCUT2D eigenvalue weighted by Crippen LogP contribution is -2.10. The van der Waals surface area contributed by atoms with Gasteiger partial charge in [-0.2, -0.15) is 10.4 Å². The van der Waals surface area contributed by atoms with Gasteiger partial charge in [-0.1, -0.05) is 61.5 Å². The van der Waals surface area contributed by atoms with Crippen LogP contribution in [0, 0.1) is 11.3 Å². The summed E-state index contributed by atoms with van der Waals surface area (Å²) in [7, 11) is -3.14. The van der Waals surface area contributed by atoms with Gasteiger partial charge in [0.1, 0.15) is 15.7 Å². The molecule has 0 saturated carbocycles. The molecule has 0 radical (unpaired) electrons. The highest BCUT2D eigenvalue weighted by Crippen LogP contribution is 2.31. The van der Waals surface area contributed by atoms with E-state index in [1.54, 1.807) is 4.68 Å². The van der Waals surface area contributed by atoms with Gasteiger partial charge in [-0.3, -0.25) is 0 Å². The van der Waals surface area contributed by atoms with Crippen molar-refractivity contribution < 1.29 is 8.42 Å². The molecule has 1 atom stereocenters. The third-order valence-electron chi connectivity index (χ3n) is 5.21. The van der Waals surface area contributed by atoms with Crippen LogP contribution >= 0.6 is 0 Å². The van der Waals surface area contributed by atoms with Crippen LogP contribution in [0.2, 0.25) is 0 Å². The number of anilines is 1. The third kappa shape index (κ3) is 5.08. The molecular weight excluding hydrogens is 396 g/mol. The Hall–Kier alpha value is -3.11. The lowest BCUT2D eigenvalue weighted by Gasteiger charge is -2.13. The van der Waals surface area contributed by atoms with E-state index < -0.39 is 9.84 Å². The van der Waals surface area contributed by atoms with Crippen molar-refractivity contribution in [1.82, 2.24) is 9.78 Å². The van der Waals surface area contributed by atoms with Crippen LogP contribution in [-0.2, 0) is 22.8 Å². The summed E-state index contributed by atoms with van der Waals surface area (Å²) in [5.41, 5.74) is 11.1. The summed E-state index contributed by atoms with van der Waals surface area (Å²) in [4.78, 5) is 0. The summed E-state index contributed by atoms with van der Waals surface area (Å²) in [6.07, 6.45) is 1.81. The summed E-state index contributed by atoms with van der Waals surface area (Å²) in [6.45, 7) is 2.42. The Bertz CT molecular complexity index is 1140. The number of benzene rings is 2. The SMILES string of the molecule is CC(c1ccc(-c2ccccc2)cc1)c1nn(CCC#N)c(N)c1CCS(C)(=O)=O. The van der Waals surface area contributed by atoms with Crippen molar-refractivity contribution in [3.05, 3.63) is 71.4 Å². The van der Waals surface area contributed by atoms with E-state index in [9.17, 15) is 8.42 Å². The Morgan fingerprint density at radius 2 is 1.73 bits per heavy atom. The zero-order valence-electron chi connectivity index (χ0n) is 17.2. The maximum Gasteiger partial charge on any atom is 0.147 e. The van der Waals surface area contributed by atoms with Gasteiger partial charge in [0.15, 0.2) is 0 Å². The fourth-order valence-corrected chi connectivity index (χ4v) is 4.08. The van der Waals surface area contributed by atoms with E-state index in [0.29, 0.717) is 18.8 Å². The fraction of sp³-hybridized carbons (Fsp3) is 0.304. The number of nitrogens with two attached hydrogens (primary N) is 1. The standard InChI is InChI=1S/C23H26N4O2S/c1-17(18-9-11-20(12-10-18)19-7-4-3-5-8-19)22-21(13-16-30(2,28)29)23(25)27(26-22)15-6-14-24/h3-5,7-12,17H,6,13,15-16,25H2,1-2H3. The highest BCUT2D eigenvalue weighted by Gasteiger charge is 2.22. The minimum Gasteiger partial charge on any atom is -0.384 e. The molecule has 3 aromatic rings. The molecule has 0 bridgehead atoms. The molecule has 0 saturated heterocycles. The Morgan fingerprint density at radius 1 is 1.10 bits per heavy atom. The first-order valence-electron chi connectivity index (χ1n) is 9.85. The zero-order valence-corrected chi connectivity index (χ0v) is 18.1. The van der Waals surface area contributed by atoms with Crippen molar-refractivity contribution >= 4 is 15.7 Å². The summed E-state index contributed by atoms with van der Waals surface area (Å²) < 4.78 is 25.0. The summed E-state index contributed by atoms with van der Waals surface area (Å²) in [6, 6.07) is 20.5. The summed E-state index contributed by atoms with van der Waals surface area (Å²) in [5, 5.41) is 13.6. The molecule has 0 aliphatic heterocycles. The first kappa shape index (κ1) is 21.6. The van der Waals surface area contributed by atoms with E-state index in [2.05, 4.69) is 47.6 Å². The van der Waals surface area contributed by atoms with Gasteiger partial charge >= 0.3 is 0 Å². The molecule has 1 unspecified atom stereocenters. The molecule has 156 valence electrons. The van der Waals surface area contributed by atoms with Crippen LogP contribution < -0.4 is 5.73 Å². The highest BCUT2D eigenvalue weighted by molar-refractivity contribution is 7.90. The topological polar surface area (TPSA) is 102 Å². The van der Waals surface area contributed by atoms with Gasteiger partial charge < -0.3 is 5.73 Å². The third-order valence-corrected chi connectivity index (χ3v) is 6.16. The molecule has 1 aromatic heterocycles. The van der Waals surface area contributed by atoms with E-state index in [1.807, 2.05) is 25.1 Å². The Morgan fingerprint density at radius 3 is 2.33 bits per heavy atom. The average Bonchev–Trinajstić information content (AvgIpc) is 3.06. The number of hydrogen-bond acceptors (Lipinski definition) is 5. The highest BCUT2D eigenvalue weighted by atomic mass is 32.2. The predicted octanol–water partition coefficient (Wildman–Crippen LogP) is 3.78. The van der Waals surface area contributed by atoms with Gasteiger partial charge in [0.2, 0.25) is 0 Å². The largest absolute Gasteiger partial charge is 0.384 e. The van der Waals surface area contributed by atoms with Gasteiger partial charge in [0, 0.05) is 17.7 Å². The molecule has 0 fully saturated rings. The maximum atomic E-state index is 11.7. The second-order valence-electron chi connectivity index (χ2n) is 7.47. The first-order valence-corrected chi connectivity index (χ1v) is 11.9. The number of aryl methyl sites for hydroxylation is 1. The molecule has 0 spiro atoms. The van der Waals surface area contributed by atoms with Gasteiger partial charge in [-0.05, 0) is 23.1 Å². The number of aromatic nitrogens is 2. The van der Waals surface area contributed by atoms with Crippen LogP contribution in [0.25, 0.3) is 11.1 Å². The van der Waals surface area contributed by atoms with Crippen molar-refractivity contribution in [2.75, 3.05) is 17.7 Å². The molecule has 0 aliphatic carbocycles. The number of sulfone groups is 1. The Kier molecular flexibility index (Phi) is 6.58. The van der Waals surface area contributed by atoms with Crippen LogP contribution in [0.1, 0.15) is 36.1 Å². The molecule has 1 heterocycles. The van der Waals surface area contributed by atoms with E-state index in [4.69, 9.17) is 11.0 Å². The van der Waals surface area contributed by atoms with Crippen molar-refractivity contribution in [3.8, 4) is 17.2 Å². The van der Waals surface area contributed by atoms with Crippen LogP contribution in [0.5, 0.6) is 0 Å². The minimum atomic E-state index is -3.14. The number of nitriles is 1. The summed E-state index contributed by atoms with van der Waals surface area (Å²) >= 11 is 0. The predicted molar refractivity (Wildman–Crippen MR) is 120 cm³/mol. The Labute approximate surface area is 177 Å². The number of nitrogens with zero attached hydrogens (tertiary/aromatic N) is 3. The smallest absolute Gasteiger partial charge is 0.147 e. The van der Waals surface area contributed by atoms with Crippen molar-refractivity contribution in [3.63, 3.8) is 0 Å². The molecule has 0 amide bonds. The Balaban J connectivity index is 1.93. The quantitative estimate of drug-likeness (QED) is 0.595. The van der Waals surface area contributed by atoms with Crippen molar-refractivity contribution in [2.45, 2.75) is 32.2 Å². The number of rotatable bonds is 8. The molecule has 30 heavy (non-hydrogen) atoms. The molecule has 3 rings (SSSR count). The normalized spacial score (nSPS) is 12.4. The van der Waals surface area contributed by atoms with Gasteiger partial charge in [0.05, 0.1) is 30.5 Å². The van der Waals surface area contributed by atoms with E-state index >= 15 is 0 Å². The van der Waals surface area contributed by atoms with E-state index in [0.717, 1.165) is 27.9 Å². The van der Waals surface area contributed by atoms with Crippen molar-refractivity contribution in [2.24, 2.45) is 0 Å². The van der Waals surface area contributed by atoms with Crippen LogP contribution in [0.4, 0.5) is 5.82 Å². The first-order chi connectivity index (χ1) is 14.3. The minimum absolute atomic E-state index is 0.00775. The zero-order chi connectivity index (χ0) is 21.7. The molecular formula is C23H26N4O2S. The molecule has 7 heteroatoms. The lowest BCUT2D eigenvalue weighted by atomic mass is 9.92. The van der Waals surface area contributed by atoms with Crippen LogP contribution in [0.3, 0.4) is 0 Å². The number of hydrogen-bond donors (Lipinski definition) is 1. The second kappa shape index (κ2) is 9.14. The van der Waals surface area contributed by atoms with Gasteiger partial charge in [-0.25, -0.2) is 13.1 Å². The summed E-state index contributed by atoms with van der Waals surface area (Å²) in [5.74, 6) is 0.389. The van der Waals surface area contributed by atoms with Gasteiger partial charge in [0.25, 0.3) is 0 Å². The average molecular weight is 423 g/mol. The molecule has 0 aliphatic rings. The molecule has 6 nitrogen and oxygen atoms in total. The fourth-order valence-electron chi connectivity index (χ4n) is 3.50. The van der Waals surface area contributed by atoms with E-state index in [-0.39, 0.29) is 18.1 Å². The van der Waals surface area contributed by atoms with Gasteiger partial charge in [-0.15, -0.1) is 0 Å². The second-order valence-corrected chi connectivity index (χ2v) is 9.73. The molecule has 2 N–H and O–H groups in total. The molecule has 2 aromatic carbocycles. The van der Waals surface area contributed by atoms with Crippen LogP contribution in [-0.4, -0.2) is 30.2 Å². The van der Waals surface area contributed by atoms with E-state index in [1.165, 1.54) is 6.26 Å². The maximum absolute atomic E-state index is 11.7. The monoisotopic (exact) mass is 422 g/mol. The van der Waals surface area contributed by atoms with Crippen LogP contribution in [0.15, 0.2) is 54.6 Å². The van der Waals surface area contributed by atoms with Crippen molar-refractivity contribution in [1.29, 1.82) is 5.26 Å². The lowest BCUT2D eigenvalue weighted by molar-refractivity contribution is 0.601. The number of nitrogen functional groups attached to an aromatic ring is 1.